The Bertz CT molecular complexity index is 394. The Kier molecular flexibility index (Phi) is 4.20. The zero-order valence-corrected chi connectivity index (χ0v) is 10.7. The number of likely N-dealkylation sites (tertiary alicyclic amines) is 1. The Morgan fingerprint density at radius 1 is 1.50 bits per heavy atom. The second-order valence-corrected chi connectivity index (χ2v) is 4.75. The van der Waals surface area contributed by atoms with Crippen molar-refractivity contribution in [3.05, 3.63) is 30.3 Å². The Morgan fingerprint density at radius 2 is 2.22 bits per heavy atom. The van der Waals surface area contributed by atoms with Gasteiger partial charge in [0.1, 0.15) is 6.04 Å². The first-order valence-electron chi connectivity index (χ1n) is 6.49. The molecule has 0 saturated carbocycles. The lowest BCUT2D eigenvalue weighted by Gasteiger charge is -2.23. The molecule has 1 heterocycles. The van der Waals surface area contributed by atoms with Crippen LogP contribution in [-0.2, 0) is 4.79 Å². The Balaban J connectivity index is 1.90. The van der Waals surface area contributed by atoms with Gasteiger partial charge in [0.05, 0.1) is 0 Å². The van der Waals surface area contributed by atoms with E-state index in [1.807, 2.05) is 37.3 Å². The average Bonchev–Trinajstić information content (AvgIpc) is 2.79. The minimum absolute atomic E-state index is 0.340. The highest BCUT2D eigenvalue weighted by atomic mass is 16.4. The van der Waals surface area contributed by atoms with Crippen LogP contribution in [0.3, 0.4) is 0 Å². The van der Waals surface area contributed by atoms with Crippen LogP contribution in [0.2, 0.25) is 0 Å². The monoisotopic (exact) mass is 248 g/mol. The fourth-order valence-corrected chi connectivity index (χ4v) is 2.55. The van der Waals surface area contributed by atoms with Crippen molar-refractivity contribution in [2.75, 3.05) is 18.4 Å². The number of nitrogens with zero attached hydrogens (tertiary/aromatic N) is 1. The van der Waals surface area contributed by atoms with Crippen molar-refractivity contribution in [3.8, 4) is 0 Å². The van der Waals surface area contributed by atoms with Crippen LogP contribution in [0.4, 0.5) is 5.69 Å². The van der Waals surface area contributed by atoms with Crippen LogP contribution in [0, 0.1) is 0 Å². The fraction of sp³-hybridized carbons (Fsp3) is 0.500. The van der Waals surface area contributed by atoms with Crippen LogP contribution in [0.15, 0.2) is 30.3 Å². The van der Waals surface area contributed by atoms with E-state index in [1.54, 1.807) is 0 Å². The van der Waals surface area contributed by atoms with Gasteiger partial charge in [-0.05, 0) is 25.0 Å². The Labute approximate surface area is 108 Å². The minimum Gasteiger partial charge on any atom is -0.480 e. The second kappa shape index (κ2) is 5.87. The Morgan fingerprint density at radius 3 is 2.83 bits per heavy atom. The van der Waals surface area contributed by atoms with Crippen LogP contribution in [0.25, 0.3) is 0 Å². The number of carbonyl (C=O) groups is 1. The summed E-state index contributed by atoms with van der Waals surface area (Å²) in [6.45, 7) is 3.59. The summed E-state index contributed by atoms with van der Waals surface area (Å²) in [7, 11) is 0. The number of rotatable bonds is 5. The molecule has 1 aromatic carbocycles. The minimum atomic E-state index is -0.710. The zero-order chi connectivity index (χ0) is 13.0. The average molecular weight is 248 g/mol. The van der Waals surface area contributed by atoms with Crippen molar-refractivity contribution in [1.82, 2.24) is 4.90 Å². The molecule has 0 aliphatic carbocycles. The van der Waals surface area contributed by atoms with Crippen molar-refractivity contribution in [3.63, 3.8) is 0 Å². The van der Waals surface area contributed by atoms with E-state index in [2.05, 4.69) is 10.2 Å². The molecule has 0 bridgehead atoms. The molecule has 2 N–H and O–H groups in total. The largest absolute Gasteiger partial charge is 0.480 e. The van der Waals surface area contributed by atoms with Gasteiger partial charge < -0.3 is 10.4 Å². The number of benzene rings is 1. The van der Waals surface area contributed by atoms with Gasteiger partial charge in [-0.2, -0.15) is 0 Å². The summed E-state index contributed by atoms with van der Waals surface area (Å²) in [6, 6.07) is 10.1. The summed E-state index contributed by atoms with van der Waals surface area (Å²) in [4.78, 5) is 13.2. The van der Waals surface area contributed by atoms with Gasteiger partial charge >= 0.3 is 5.97 Å². The van der Waals surface area contributed by atoms with E-state index in [0.717, 1.165) is 25.2 Å². The topological polar surface area (TPSA) is 52.6 Å². The van der Waals surface area contributed by atoms with E-state index in [-0.39, 0.29) is 6.04 Å². The predicted molar refractivity (Wildman–Crippen MR) is 71.8 cm³/mol. The quantitative estimate of drug-likeness (QED) is 0.837. The van der Waals surface area contributed by atoms with E-state index in [4.69, 9.17) is 5.11 Å². The SMILES string of the molecule is CC[C@H](C(=O)O)N1CC[C@@H](Nc2ccccc2)C1. The molecular weight excluding hydrogens is 228 g/mol. The third-order valence-corrected chi connectivity index (χ3v) is 3.48. The molecule has 18 heavy (non-hydrogen) atoms. The van der Waals surface area contributed by atoms with Gasteiger partial charge in [-0.15, -0.1) is 0 Å². The van der Waals surface area contributed by atoms with Crippen molar-refractivity contribution >= 4 is 11.7 Å². The molecule has 0 radical (unpaired) electrons. The van der Waals surface area contributed by atoms with Gasteiger partial charge in [0.15, 0.2) is 0 Å². The first-order chi connectivity index (χ1) is 8.70. The lowest BCUT2D eigenvalue weighted by molar-refractivity contribution is -0.143. The van der Waals surface area contributed by atoms with Crippen molar-refractivity contribution in [1.29, 1.82) is 0 Å². The fourth-order valence-electron chi connectivity index (χ4n) is 2.55. The summed E-state index contributed by atoms with van der Waals surface area (Å²) in [5.74, 6) is -0.710. The highest BCUT2D eigenvalue weighted by Gasteiger charge is 2.30. The zero-order valence-electron chi connectivity index (χ0n) is 10.7. The van der Waals surface area contributed by atoms with E-state index >= 15 is 0 Å². The van der Waals surface area contributed by atoms with Crippen LogP contribution < -0.4 is 5.32 Å². The van der Waals surface area contributed by atoms with Gasteiger partial charge in [-0.25, -0.2) is 0 Å². The smallest absolute Gasteiger partial charge is 0.320 e. The number of para-hydroxylation sites is 1. The maximum absolute atomic E-state index is 11.1. The molecule has 0 aromatic heterocycles. The van der Waals surface area contributed by atoms with Gasteiger partial charge in [-0.3, -0.25) is 9.69 Å². The van der Waals surface area contributed by atoms with Crippen molar-refractivity contribution in [2.24, 2.45) is 0 Å². The molecule has 1 fully saturated rings. The van der Waals surface area contributed by atoms with E-state index in [9.17, 15) is 4.79 Å². The molecule has 1 aliphatic rings. The third kappa shape index (κ3) is 3.01. The van der Waals surface area contributed by atoms with Crippen LogP contribution in [0.5, 0.6) is 0 Å². The van der Waals surface area contributed by atoms with Crippen molar-refractivity contribution < 1.29 is 9.90 Å². The molecule has 1 aliphatic heterocycles. The lowest BCUT2D eigenvalue weighted by atomic mass is 10.2. The number of aliphatic carboxylic acids is 1. The molecular formula is C14H20N2O2. The molecule has 0 amide bonds. The molecule has 0 spiro atoms. The van der Waals surface area contributed by atoms with Gasteiger partial charge in [-0.1, -0.05) is 25.1 Å². The maximum atomic E-state index is 11.1. The summed E-state index contributed by atoms with van der Waals surface area (Å²) < 4.78 is 0. The van der Waals surface area contributed by atoms with E-state index in [0.29, 0.717) is 12.5 Å². The molecule has 0 unspecified atom stereocenters. The van der Waals surface area contributed by atoms with Gasteiger partial charge in [0.25, 0.3) is 0 Å². The summed E-state index contributed by atoms with van der Waals surface area (Å²) >= 11 is 0. The van der Waals surface area contributed by atoms with E-state index in [1.165, 1.54) is 0 Å². The number of hydrogen-bond donors (Lipinski definition) is 2. The molecule has 98 valence electrons. The number of hydrogen-bond acceptors (Lipinski definition) is 3. The molecule has 1 aromatic rings. The highest BCUT2D eigenvalue weighted by Crippen LogP contribution is 2.18. The third-order valence-electron chi connectivity index (χ3n) is 3.48. The molecule has 1 saturated heterocycles. The molecule has 2 atom stereocenters. The number of carboxylic acid groups (broad SMARTS) is 1. The van der Waals surface area contributed by atoms with Crippen LogP contribution in [-0.4, -0.2) is 41.1 Å². The lowest BCUT2D eigenvalue weighted by Crippen LogP contribution is -2.40. The number of anilines is 1. The summed E-state index contributed by atoms with van der Waals surface area (Å²) in [6.07, 6.45) is 1.66. The first-order valence-corrected chi connectivity index (χ1v) is 6.49. The summed E-state index contributed by atoms with van der Waals surface area (Å²) in [5, 5.41) is 12.6. The molecule has 4 nitrogen and oxygen atoms in total. The van der Waals surface area contributed by atoms with Gasteiger partial charge in [0.2, 0.25) is 0 Å². The second-order valence-electron chi connectivity index (χ2n) is 4.75. The molecule has 4 heteroatoms. The molecule has 2 rings (SSSR count). The normalized spacial score (nSPS) is 21.7. The van der Waals surface area contributed by atoms with Crippen molar-refractivity contribution in [2.45, 2.75) is 31.8 Å². The van der Waals surface area contributed by atoms with Crippen LogP contribution in [0.1, 0.15) is 19.8 Å². The standard InChI is InChI=1S/C14H20N2O2/c1-2-13(14(17)18)16-9-8-12(10-16)15-11-6-4-3-5-7-11/h3-7,12-13,15H,2,8-10H2,1H3,(H,17,18)/t12-,13-/m1/s1. The predicted octanol–water partition coefficient (Wildman–Crippen LogP) is 2.04. The Hall–Kier alpha value is -1.55. The number of nitrogens with one attached hydrogen (secondary N) is 1. The van der Waals surface area contributed by atoms with Crippen LogP contribution >= 0.6 is 0 Å². The van der Waals surface area contributed by atoms with Gasteiger partial charge in [0, 0.05) is 24.8 Å². The summed E-state index contributed by atoms with van der Waals surface area (Å²) in [5.41, 5.74) is 1.10. The highest BCUT2D eigenvalue weighted by molar-refractivity contribution is 5.73. The maximum Gasteiger partial charge on any atom is 0.320 e. The first kappa shape index (κ1) is 12.9. The van der Waals surface area contributed by atoms with E-state index < -0.39 is 5.97 Å². The number of carboxylic acids is 1.